The highest BCUT2D eigenvalue weighted by Gasteiger charge is 2.22. The van der Waals surface area contributed by atoms with Crippen LogP contribution >= 0.6 is 0 Å². The van der Waals surface area contributed by atoms with Crippen molar-refractivity contribution in [1.82, 2.24) is 15.2 Å². The molecule has 0 spiro atoms. The summed E-state index contributed by atoms with van der Waals surface area (Å²) in [5, 5.41) is 3.29. The van der Waals surface area contributed by atoms with Crippen LogP contribution in [0.3, 0.4) is 0 Å². The molecule has 1 aromatic carbocycles. The molecule has 1 fully saturated rings. The van der Waals surface area contributed by atoms with Crippen LogP contribution in [0.4, 0.5) is 0 Å². The number of aryl methyl sites for hydroxylation is 1. The number of benzene rings is 1. The van der Waals surface area contributed by atoms with Crippen molar-refractivity contribution < 1.29 is 9.21 Å². The summed E-state index contributed by atoms with van der Waals surface area (Å²) >= 11 is 0. The lowest BCUT2D eigenvalue weighted by atomic mass is 10.2. The van der Waals surface area contributed by atoms with Crippen molar-refractivity contribution in [3.05, 3.63) is 42.4 Å². The van der Waals surface area contributed by atoms with Gasteiger partial charge < -0.3 is 14.6 Å². The maximum absolute atomic E-state index is 12.3. The minimum absolute atomic E-state index is 0.175. The van der Waals surface area contributed by atoms with Crippen molar-refractivity contribution >= 4 is 5.91 Å². The number of carbonyl (C=O) groups is 1. The first-order valence-electron chi connectivity index (χ1n) is 7.74. The van der Waals surface area contributed by atoms with Crippen molar-refractivity contribution in [2.45, 2.75) is 25.8 Å². The third kappa shape index (κ3) is 3.36. The highest BCUT2D eigenvalue weighted by Crippen LogP contribution is 2.20. The minimum atomic E-state index is 0.175. The number of nitrogens with one attached hydrogen (secondary N) is 1. The molecule has 0 bridgehead atoms. The zero-order valence-electron chi connectivity index (χ0n) is 12.8. The summed E-state index contributed by atoms with van der Waals surface area (Å²) in [6, 6.07) is 10.1. The number of nitrogens with zero attached hydrogens (tertiary/aromatic N) is 2. The van der Waals surface area contributed by atoms with E-state index in [1.54, 1.807) is 6.20 Å². The van der Waals surface area contributed by atoms with E-state index in [1.807, 2.05) is 35.2 Å². The normalized spacial score (nSPS) is 18.4. The second-order valence-corrected chi connectivity index (χ2v) is 5.62. The molecule has 1 aromatic heterocycles. The van der Waals surface area contributed by atoms with Gasteiger partial charge in [-0.15, -0.1) is 0 Å². The van der Waals surface area contributed by atoms with Crippen LogP contribution in [0.25, 0.3) is 11.3 Å². The van der Waals surface area contributed by atoms with E-state index in [4.69, 9.17) is 4.42 Å². The summed E-state index contributed by atoms with van der Waals surface area (Å²) in [4.78, 5) is 18.5. The molecule has 1 atom stereocenters. The molecule has 0 saturated carbocycles. The van der Waals surface area contributed by atoms with E-state index >= 15 is 0 Å². The molecule has 3 rings (SSSR count). The first-order chi connectivity index (χ1) is 10.7. The number of amides is 1. The molecule has 2 heterocycles. The third-order valence-corrected chi connectivity index (χ3v) is 3.99. The third-order valence-electron chi connectivity index (χ3n) is 3.99. The Morgan fingerprint density at radius 1 is 1.41 bits per heavy atom. The molecule has 1 N–H and O–H groups in total. The number of carbonyl (C=O) groups excluding carboxylic acids is 1. The van der Waals surface area contributed by atoms with E-state index < -0.39 is 0 Å². The van der Waals surface area contributed by atoms with Crippen molar-refractivity contribution in [1.29, 1.82) is 0 Å². The van der Waals surface area contributed by atoms with Gasteiger partial charge >= 0.3 is 0 Å². The second-order valence-electron chi connectivity index (χ2n) is 5.62. The average Bonchev–Trinajstić information content (AvgIpc) is 3.03. The number of piperazine rings is 1. The van der Waals surface area contributed by atoms with Gasteiger partial charge in [0.15, 0.2) is 11.7 Å². The number of rotatable bonds is 4. The van der Waals surface area contributed by atoms with Crippen LogP contribution in [0.15, 0.2) is 40.9 Å². The Morgan fingerprint density at radius 2 is 2.23 bits per heavy atom. The van der Waals surface area contributed by atoms with Crippen LogP contribution in [0, 0.1) is 0 Å². The molecule has 1 aliphatic rings. The van der Waals surface area contributed by atoms with Gasteiger partial charge in [0.05, 0.1) is 6.20 Å². The fourth-order valence-electron chi connectivity index (χ4n) is 2.73. The molecule has 5 nitrogen and oxygen atoms in total. The van der Waals surface area contributed by atoms with Gasteiger partial charge in [-0.05, 0) is 6.92 Å². The first-order valence-corrected chi connectivity index (χ1v) is 7.74. The molecule has 1 unspecified atom stereocenters. The fourth-order valence-corrected chi connectivity index (χ4v) is 2.73. The van der Waals surface area contributed by atoms with E-state index in [2.05, 4.69) is 17.2 Å². The van der Waals surface area contributed by atoms with Gasteiger partial charge in [-0.3, -0.25) is 4.79 Å². The smallest absolute Gasteiger partial charge is 0.223 e. The number of hydrogen-bond acceptors (Lipinski definition) is 4. The van der Waals surface area contributed by atoms with E-state index in [0.717, 1.165) is 31.0 Å². The standard InChI is InChI=1S/C17H21N3O2/c1-13-11-18-9-10-20(13)17(21)8-7-16-19-12-15(22-16)14-5-3-2-4-6-14/h2-6,12-13,18H,7-11H2,1H3. The van der Waals surface area contributed by atoms with Crippen LogP contribution in [-0.2, 0) is 11.2 Å². The molecule has 1 amide bonds. The lowest BCUT2D eigenvalue weighted by Crippen LogP contribution is -2.52. The van der Waals surface area contributed by atoms with Gasteiger partial charge in [-0.2, -0.15) is 0 Å². The minimum Gasteiger partial charge on any atom is -0.441 e. The number of hydrogen-bond donors (Lipinski definition) is 1. The van der Waals surface area contributed by atoms with E-state index in [1.165, 1.54) is 0 Å². The summed E-state index contributed by atoms with van der Waals surface area (Å²) < 4.78 is 5.74. The molecule has 5 heteroatoms. The lowest BCUT2D eigenvalue weighted by Gasteiger charge is -2.34. The predicted octanol–water partition coefficient (Wildman–Crippen LogP) is 2.09. The monoisotopic (exact) mass is 299 g/mol. The lowest BCUT2D eigenvalue weighted by molar-refractivity contribution is -0.134. The molecular weight excluding hydrogens is 278 g/mol. The Kier molecular flexibility index (Phi) is 4.53. The summed E-state index contributed by atoms with van der Waals surface area (Å²) in [5.41, 5.74) is 1.00. The molecule has 2 aromatic rings. The van der Waals surface area contributed by atoms with Crippen LogP contribution in [-0.4, -0.2) is 41.5 Å². The molecule has 22 heavy (non-hydrogen) atoms. The van der Waals surface area contributed by atoms with E-state index in [-0.39, 0.29) is 11.9 Å². The van der Waals surface area contributed by atoms with Gasteiger partial charge in [0, 0.05) is 44.1 Å². The van der Waals surface area contributed by atoms with Crippen LogP contribution in [0.1, 0.15) is 19.2 Å². The van der Waals surface area contributed by atoms with Gasteiger partial charge in [-0.25, -0.2) is 4.98 Å². The topological polar surface area (TPSA) is 58.4 Å². The summed E-state index contributed by atoms with van der Waals surface area (Å²) in [6.45, 7) is 4.58. The predicted molar refractivity (Wildman–Crippen MR) is 84.3 cm³/mol. The van der Waals surface area contributed by atoms with Crippen molar-refractivity contribution in [2.24, 2.45) is 0 Å². The van der Waals surface area contributed by atoms with Crippen LogP contribution < -0.4 is 5.32 Å². The second kappa shape index (κ2) is 6.75. The van der Waals surface area contributed by atoms with Crippen LogP contribution in [0.2, 0.25) is 0 Å². The van der Waals surface area contributed by atoms with Crippen molar-refractivity contribution in [3.63, 3.8) is 0 Å². The highest BCUT2D eigenvalue weighted by molar-refractivity contribution is 5.76. The Hall–Kier alpha value is -2.14. The Bertz CT molecular complexity index is 624. The van der Waals surface area contributed by atoms with E-state index in [9.17, 15) is 4.79 Å². The maximum atomic E-state index is 12.3. The zero-order valence-corrected chi connectivity index (χ0v) is 12.8. The summed E-state index contributed by atoms with van der Waals surface area (Å²) in [7, 11) is 0. The van der Waals surface area contributed by atoms with Crippen LogP contribution in [0.5, 0.6) is 0 Å². The van der Waals surface area contributed by atoms with Gasteiger partial charge in [-0.1, -0.05) is 30.3 Å². The maximum Gasteiger partial charge on any atom is 0.223 e. The molecular formula is C17H21N3O2. The molecule has 116 valence electrons. The van der Waals surface area contributed by atoms with E-state index in [0.29, 0.717) is 18.7 Å². The molecule has 0 radical (unpaired) electrons. The Labute approximate surface area is 130 Å². The first kappa shape index (κ1) is 14.8. The SMILES string of the molecule is CC1CNCCN1C(=O)CCc1ncc(-c2ccccc2)o1. The highest BCUT2D eigenvalue weighted by atomic mass is 16.4. The quantitative estimate of drug-likeness (QED) is 0.939. The molecule has 0 aliphatic carbocycles. The van der Waals surface area contributed by atoms with Crippen molar-refractivity contribution in [3.8, 4) is 11.3 Å². The molecule has 1 aliphatic heterocycles. The van der Waals surface area contributed by atoms with Gasteiger partial charge in [0.1, 0.15) is 0 Å². The molecule has 1 saturated heterocycles. The average molecular weight is 299 g/mol. The van der Waals surface area contributed by atoms with Gasteiger partial charge in [0.2, 0.25) is 5.91 Å². The zero-order chi connectivity index (χ0) is 15.4. The van der Waals surface area contributed by atoms with Gasteiger partial charge in [0.25, 0.3) is 0 Å². The largest absolute Gasteiger partial charge is 0.441 e. The number of oxazole rings is 1. The Morgan fingerprint density at radius 3 is 3.00 bits per heavy atom. The van der Waals surface area contributed by atoms with Crippen molar-refractivity contribution in [2.75, 3.05) is 19.6 Å². The summed E-state index contributed by atoms with van der Waals surface area (Å²) in [6.07, 6.45) is 2.71. The number of aromatic nitrogens is 1. The fraction of sp³-hybridized carbons (Fsp3) is 0.412. The Balaban J connectivity index is 1.58. The summed E-state index contributed by atoms with van der Waals surface area (Å²) in [5.74, 6) is 1.54.